The average Bonchev–Trinajstić information content (AvgIpc) is 3.28. The van der Waals surface area contributed by atoms with Crippen molar-refractivity contribution in [3.63, 3.8) is 0 Å². The number of carbonyl (C=O) groups excluding carboxylic acids is 1. The number of rotatable bonds is 4. The Kier molecular flexibility index (Phi) is 6.03. The van der Waals surface area contributed by atoms with Gasteiger partial charge >= 0.3 is 12.1 Å². The first-order chi connectivity index (χ1) is 15.0. The third-order valence-electron chi connectivity index (χ3n) is 4.10. The predicted molar refractivity (Wildman–Crippen MR) is 106 cm³/mol. The molecule has 0 aliphatic carbocycles. The second kappa shape index (κ2) is 8.42. The van der Waals surface area contributed by atoms with Gasteiger partial charge in [-0.1, -0.05) is 23.2 Å². The minimum atomic E-state index is -4.71. The Morgan fingerprint density at radius 1 is 1.28 bits per heavy atom. The second-order valence-corrected chi connectivity index (χ2v) is 6.87. The summed E-state index contributed by atoms with van der Waals surface area (Å²) in [5, 5.41) is 21.5. The quantitative estimate of drug-likeness (QED) is 0.531. The molecule has 2 heterocycles. The highest BCUT2D eigenvalue weighted by atomic mass is 35.5. The molecule has 9 nitrogen and oxygen atoms in total. The molecule has 0 bridgehead atoms. The molecule has 3 rings (SSSR count). The van der Waals surface area contributed by atoms with Gasteiger partial charge in [0, 0.05) is 0 Å². The molecule has 0 saturated heterocycles. The zero-order chi connectivity index (χ0) is 23.8. The number of nitrogen functional groups attached to an aromatic ring is 1. The van der Waals surface area contributed by atoms with Gasteiger partial charge in [0.2, 0.25) is 0 Å². The number of ether oxygens (including phenoxy) is 1. The molecule has 0 aliphatic rings. The van der Waals surface area contributed by atoms with Crippen LogP contribution in [0.3, 0.4) is 0 Å². The SMILES string of the molecule is CCOC(=O)c1c(-c2nc(C#N)c(C#N)[nH]2)nn(-c2c(Cl)cc(C(F)(F)F)cc2Cl)c1N. The van der Waals surface area contributed by atoms with Gasteiger partial charge in [-0.2, -0.15) is 28.8 Å². The standard InChI is InChI=1S/C18H10Cl2F3N7O2/c1-2-32-17(31)12-13(16-27-10(5-24)11(6-25)28-16)29-30(15(12)26)14-8(19)3-7(4-9(14)20)18(21,22)23/h3-4H,2,26H2,1H3,(H,27,28). The number of esters is 1. The van der Waals surface area contributed by atoms with Crippen LogP contribution in [0.4, 0.5) is 19.0 Å². The summed E-state index contributed by atoms with van der Waals surface area (Å²) in [6.45, 7) is 1.51. The zero-order valence-corrected chi connectivity index (χ0v) is 17.4. The molecule has 0 saturated carbocycles. The van der Waals surface area contributed by atoms with Crippen LogP contribution in [0.15, 0.2) is 12.1 Å². The summed E-state index contributed by atoms with van der Waals surface area (Å²) in [7, 11) is 0. The molecule has 2 aromatic heterocycles. The number of anilines is 1. The van der Waals surface area contributed by atoms with Crippen LogP contribution in [0.25, 0.3) is 17.2 Å². The number of halogens is 5. The fourth-order valence-corrected chi connectivity index (χ4v) is 3.40. The van der Waals surface area contributed by atoms with E-state index in [0.717, 1.165) is 4.68 Å². The van der Waals surface area contributed by atoms with Gasteiger partial charge < -0.3 is 15.5 Å². The van der Waals surface area contributed by atoms with E-state index >= 15 is 0 Å². The fraction of sp³-hybridized carbons (Fsp3) is 0.167. The highest BCUT2D eigenvalue weighted by Crippen LogP contribution is 2.39. The first kappa shape index (κ1) is 22.9. The van der Waals surface area contributed by atoms with Crippen molar-refractivity contribution in [3.8, 4) is 29.3 Å². The third kappa shape index (κ3) is 3.93. The predicted octanol–water partition coefficient (Wildman–Crippen LogP) is 4.09. The summed E-state index contributed by atoms with van der Waals surface area (Å²) >= 11 is 12.1. The van der Waals surface area contributed by atoms with Crippen LogP contribution in [0.1, 0.15) is 34.2 Å². The molecule has 32 heavy (non-hydrogen) atoms. The summed E-state index contributed by atoms with van der Waals surface area (Å²) in [6, 6.07) is 4.69. The molecule has 0 spiro atoms. The summed E-state index contributed by atoms with van der Waals surface area (Å²) in [5.74, 6) is -1.47. The van der Waals surface area contributed by atoms with Crippen LogP contribution in [-0.2, 0) is 10.9 Å². The van der Waals surface area contributed by atoms with Crippen molar-refractivity contribution < 1.29 is 22.7 Å². The molecule has 14 heteroatoms. The van der Waals surface area contributed by atoms with E-state index in [0.29, 0.717) is 12.1 Å². The number of imidazole rings is 1. The van der Waals surface area contributed by atoms with Gasteiger partial charge in [0.1, 0.15) is 34.9 Å². The number of nitrogens with two attached hydrogens (primary N) is 1. The lowest BCUT2D eigenvalue weighted by molar-refractivity contribution is -0.137. The van der Waals surface area contributed by atoms with Gasteiger partial charge in [-0.25, -0.2) is 14.5 Å². The van der Waals surface area contributed by atoms with Crippen LogP contribution in [0, 0.1) is 22.7 Å². The van der Waals surface area contributed by atoms with Gasteiger partial charge in [0.05, 0.1) is 22.2 Å². The van der Waals surface area contributed by atoms with Crippen LogP contribution >= 0.6 is 23.2 Å². The first-order valence-electron chi connectivity index (χ1n) is 8.56. The number of nitrogens with zero attached hydrogens (tertiary/aromatic N) is 5. The molecule has 0 atom stereocenters. The normalized spacial score (nSPS) is 11.1. The van der Waals surface area contributed by atoms with Crippen LogP contribution in [0.5, 0.6) is 0 Å². The molecular formula is C18H10Cl2F3N7O2. The van der Waals surface area contributed by atoms with Crippen LogP contribution in [0.2, 0.25) is 10.0 Å². The minimum absolute atomic E-state index is 0.0320. The molecule has 3 aromatic rings. The second-order valence-electron chi connectivity index (χ2n) is 6.06. The number of alkyl halides is 3. The number of aromatic nitrogens is 4. The van der Waals surface area contributed by atoms with Gasteiger partial charge in [0.25, 0.3) is 0 Å². The molecule has 164 valence electrons. The van der Waals surface area contributed by atoms with Crippen molar-refractivity contribution in [2.24, 2.45) is 0 Å². The number of carbonyl (C=O) groups is 1. The monoisotopic (exact) mass is 483 g/mol. The molecule has 3 N–H and O–H groups in total. The van der Waals surface area contributed by atoms with Crippen molar-refractivity contribution in [2.75, 3.05) is 12.3 Å². The maximum absolute atomic E-state index is 13.1. The molecular weight excluding hydrogens is 474 g/mol. The summed E-state index contributed by atoms with van der Waals surface area (Å²) < 4.78 is 45.0. The van der Waals surface area contributed by atoms with E-state index in [9.17, 15) is 18.0 Å². The number of nitrogens with one attached hydrogen (secondary N) is 1. The Morgan fingerprint density at radius 2 is 1.91 bits per heavy atom. The molecule has 1 aromatic carbocycles. The van der Waals surface area contributed by atoms with E-state index < -0.39 is 27.8 Å². The van der Waals surface area contributed by atoms with Gasteiger partial charge in [0.15, 0.2) is 17.2 Å². The highest BCUT2D eigenvalue weighted by Gasteiger charge is 2.34. The molecule has 0 amide bonds. The molecule has 0 radical (unpaired) electrons. The van der Waals surface area contributed by atoms with Gasteiger partial charge in [-0.3, -0.25) is 0 Å². The topological polar surface area (TPSA) is 146 Å². The number of nitriles is 2. The van der Waals surface area contributed by atoms with Crippen molar-refractivity contribution in [3.05, 3.63) is 44.7 Å². The summed E-state index contributed by atoms with van der Waals surface area (Å²) in [4.78, 5) is 19.0. The summed E-state index contributed by atoms with van der Waals surface area (Å²) in [5.41, 5.74) is 3.72. The maximum Gasteiger partial charge on any atom is 0.416 e. The molecule has 0 unspecified atom stereocenters. The number of hydrogen-bond acceptors (Lipinski definition) is 7. The van der Waals surface area contributed by atoms with E-state index in [4.69, 9.17) is 44.2 Å². The van der Waals surface area contributed by atoms with Crippen LogP contribution in [-0.4, -0.2) is 32.3 Å². The van der Waals surface area contributed by atoms with E-state index in [1.165, 1.54) is 6.92 Å². The van der Waals surface area contributed by atoms with E-state index in [2.05, 4.69) is 15.1 Å². The minimum Gasteiger partial charge on any atom is -0.462 e. The van der Waals surface area contributed by atoms with E-state index in [1.54, 1.807) is 12.1 Å². The lowest BCUT2D eigenvalue weighted by Gasteiger charge is -2.13. The van der Waals surface area contributed by atoms with E-state index in [1.807, 2.05) is 0 Å². The first-order valence-corrected chi connectivity index (χ1v) is 9.31. The zero-order valence-electron chi connectivity index (χ0n) is 15.9. The highest BCUT2D eigenvalue weighted by molar-refractivity contribution is 6.38. The lowest BCUT2D eigenvalue weighted by atomic mass is 10.2. The fourth-order valence-electron chi connectivity index (χ4n) is 2.75. The van der Waals surface area contributed by atoms with Gasteiger partial charge in [-0.05, 0) is 19.1 Å². The largest absolute Gasteiger partial charge is 0.462 e. The van der Waals surface area contributed by atoms with Crippen molar-refractivity contribution in [1.82, 2.24) is 19.7 Å². The molecule has 0 fully saturated rings. The lowest BCUT2D eigenvalue weighted by Crippen LogP contribution is -2.11. The third-order valence-corrected chi connectivity index (χ3v) is 4.68. The Hall–Kier alpha value is -3.74. The smallest absolute Gasteiger partial charge is 0.416 e. The molecule has 0 aliphatic heterocycles. The number of benzene rings is 1. The number of hydrogen-bond donors (Lipinski definition) is 2. The average molecular weight is 484 g/mol. The van der Waals surface area contributed by atoms with Crippen molar-refractivity contribution >= 4 is 35.0 Å². The summed E-state index contributed by atoms with van der Waals surface area (Å²) in [6.07, 6.45) is -4.71. The van der Waals surface area contributed by atoms with Gasteiger partial charge in [-0.15, -0.1) is 0 Å². The van der Waals surface area contributed by atoms with E-state index in [-0.39, 0.29) is 46.6 Å². The Morgan fingerprint density at radius 3 is 2.38 bits per heavy atom. The Balaban J connectivity index is 2.30. The number of aromatic amines is 1. The Bertz CT molecular complexity index is 1260. The van der Waals surface area contributed by atoms with Crippen molar-refractivity contribution in [2.45, 2.75) is 13.1 Å². The number of H-pyrrole nitrogens is 1. The van der Waals surface area contributed by atoms with Crippen LogP contribution < -0.4 is 5.73 Å². The van der Waals surface area contributed by atoms with Crippen molar-refractivity contribution in [1.29, 1.82) is 10.5 Å². The maximum atomic E-state index is 13.1. The Labute approximate surface area is 187 Å².